The lowest BCUT2D eigenvalue weighted by atomic mass is 9.94. The molecule has 1 aromatic heterocycles. The number of halogens is 1. The maximum absolute atomic E-state index is 13.7. The van der Waals surface area contributed by atoms with Gasteiger partial charge in [0, 0.05) is 18.1 Å². The number of carbonyl (C=O) groups is 1. The SMILES string of the molecule is COCC1(O)CN(C(=O)c2oc3c(F)cccc3c2C)C1. The zero-order chi connectivity index (χ0) is 15.2. The van der Waals surface area contributed by atoms with E-state index in [1.165, 1.54) is 18.1 Å². The van der Waals surface area contributed by atoms with Gasteiger partial charge in [0.1, 0.15) is 5.60 Å². The van der Waals surface area contributed by atoms with Crippen molar-refractivity contribution in [3.8, 4) is 0 Å². The van der Waals surface area contributed by atoms with Crippen LogP contribution in [0.25, 0.3) is 11.0 Å². The summed E-state index contributed by atoms with van der Waals surface area (Å²) in [7, 11) is 1.49. The first-order valence-corrected chi connectivity index (χ1v) is 6.63. The average molecular weight is 293 g/mol. The van der Waals surface area contributed by atoms with Gasteiger partial charge in [0.2, 0.25) is 0 Å². The summed E-state index contributed by atoms with van der Waals surface area (Å²) in [6.07, 6.45) is 0. The molecule has 1 N–H and O–H groups in total. The fourth-order valence-electron chi connectivity index (χ4n) is 2.72. The predicted molar refractivity (Wildman–Crippen MR) is 73.6 cm³/mol. The second-order valence-electron chi connectivity index (χ2n) is 5.49. The van der Waals surface area contributed by atoms with Crippen LogP contribution in [0.5, 0.6) is 0 Å². The molecule has 2 heterocycles. The average Bonchev–Trinajstić information content (AvgIpc) is 2.75. The van der Waals surface area contributed by atoms with Crippen LogP contribution in [0.2, 0.25) is 0 Å². The fraction of sp³-hybridized carbons (Fsp3) is 0.400. The normalized spacial score (nSPS) is 17.0. The summed E-state index contributed by atoms with van der Waals surface area (Å²) in [5, 5.41) is 10.6. The van der Waals surface area contributed by atoms with Crippen LogP contribution in [0.15, 0.2) is 22.6 Å². The first kappa shape index (κ1) is 14.0. The summed E-state index contributed by atoms with van der Waals surface area (Å²) < 4.78 is 24.0. The molecule has 21 heavy (non-hydrogen) atoms. The number of aryl methyl sites for hydroxylation is 1. The molecule has 1 saturated heterocycles. The number of nitrogens with zero attached hydrogens (tertiary/aromatic N) is 1. The van der Waals surface area contributed by atoms with E-state index in [2.05, 4.69) is 0 Å². The highest BCUT2D eigenvalue weighted by atomic mass is 19.1. The Morgan fingerprint density at radius 2 is 2.24 bits per heavy atom. The molecule has 0 aliphatic carbocycles. The third-order valence-corrected chi connectivity index (χ3v) is 3.78. The molecule has 0 atom stereocenters. The number of benzene rings is 1. The number of furan rings is 1. The van der Waals surface area contributed by atoms with E-state index < -0.39 is 11.4 Å². The minimum Gasteiger partial charge on any atom is -0.448 e. The summed E-state index contributed by atoms with van der Waals surface area (Å²) in [6, 6.07) is 4.58. The van der Waals surface area contributed by atoms with Crippen LogP contribution in [0, 0.1) is 12.7 Å². The second-order valence-corrected chi connectivity index (χ2v) is 5.49. The number of fused-ring (bicyclic) bond motifs is 1. The number of amides is 1. The Balaban J connectivity index is 1.87. The van der Waals surface area contributed by atoms with E-state index in [-0.39, 0.29) is 36.9 Å². The molecule has 6 heteroatoms. The molecule has 5 nitrogen and oxygen atoms in total. The highest BCUT2D eigenvalue weighted by molar-refractivity contribution is 5.99. The molecule has 1 aromatic carbocycles. The molecule has 0 unspecified atom stereocenters. The van der Waals surface area contributed by atoms with Crippen LogP contribution in [0.1, 0.15) is 16.1 Å². The van der Waals surface area contributed by atoms with E-state index in [4.69, 9.17) is 9.15 Å². The van der Waals surface area contributed by atoms with Crippen LogP contribution in [0.4, 0.5) is 4.39 Å². The molecule has 0 spiro atoms. The van der Waals surface area contributed by atoms with Gasteiger partial charge in [-0.05, 0) is 13.0 Å². The summed E-state index contributed by atoms with van der Waals surface area (Å²) in [4.78, 5) is 13.8. The lowest BCUT2D eigenvalue weighted by Crippen LogP contribution is -2.65. The van der Waals surface area contributed by atoms with E-state index >= 15 is 0 Å². The Morgan fingerprint density at radius 3 is 2.86 bits per heavy atom. The Kier molecular flexibility index (Phi) is 3.22. The molecular formula is C15H16FNO4. The second kappa shape index (κ2) is 4.82. The van der Waals surface area contributed by atoms with Crippen LogP contribution in [0.3, 0.4) is 0 Å². The number of aliphatic hydroxyl groups is 1. The molecule has 1 amide bonds. The van der Waals surface area contributed by atoms with Crippen LogP contribution < -0.4 is 0 Å². The number of hydrogen-bond acceptors (Lipinski definition) is 4. The zero-order valence-corrected chi connectivity index (χ0v) is 11.9. The maximum atomic E-state index is 13.7. The number of ether oxygens (including phenoxy) is 1. The van der Waals surface area contributed by atoms with Crippen molar-refractivity contribution in [2.45, 2.75) is 12.5 Å². The van der Waals surface area contributed by atoms with Crippen molar-refractivity contribution in [3.63, 3.8) is 0 Å². The van der Waals surface area contributed by atoms with Crippen LogP contribution in [-0.2, 0) is 4.74 Å². The van der Waals surface area contributed by atoms with Gasteiger partial charge in [0.15, 0.2) is 17.2 Å². The zero-order valence-electron chi connectivity index (χ0n) is 11.9. The monoisotopic (exact) mass is 293 g/mol. The molecule has 112 valence electrons. The van der Waals surface area contributed by atoms with E-state index in [1.54, 1.807) is 19.1 Å². The fourth-order valence-corrected chi connectivity index (χ4v) is 2.72. The van der Waals surface area contributed by atoms with E-state index in [1.807, 2.05) is 0 Å². The highest BCUT2D eigenvalue weighted by Crippen LogP contribution is 2.30. The van der Waals surface area contributed by atoms with Gasteiger partial charge >= 0.3 is 0 Å². The van der Waals surface area contributed by atoms with Gasteiger partial charge in [-0.1, -0.05) is 12.1 Å². The van der Waals surface area contributed by atoms with Gasteiger partial charge in [-0.3, -0.25) is 4.79 Å². The number of methoxy groups -OCH3 is 1. The Hall–Kier alpha value is -1.92. The van der Waals surface area contributed by atoms with Crippen molar-refractivity contribution in [2.75, 3.05) is 26.8 Å². The summed E-state index contributed by atoms with van der Waals surface area (Å²) in [5.41, 5.74) is -0.307. The molecule has 3 rings (SSSR count). The van der Waals surface area contributed by atoms with Crippen LogP contribution in [-0.4, -0.2) is 48.3 Å². The summed E-state index contributed by atoms with van der Waals surface area (Å²) in [5.74, 6) is -0.715. The van der Waals surface area contributed by atoms with Crippen molar-refractivity contribution in [3.05, 3.63) is 35.3 Å². The molecule has 2 aromatic rings. The number of β-amino-alcohol motifs (C(OH)–C–C–N with tert-alkyl or cyclic N) is 1. The summed E-state index contributed by atoms with van der Waals surface area (Å²) >= 11 is 0. The molecule has 0 radical (unpaired) electrons. The van der Waals surface area contributed by atoms with Gasteiger partial charge in [0.05, 0.1) is 19.7 Å². The van der Waals surface area contributed by atoms with Gasteiger partial charge in [0.25, 0.3) is 5.91 Å². The first-order valence-electron chi connectivity index (χ1n) is 6.63. The topological polar surface area (TPSA) is 62.9 Å². The molecular weight excluding hydrogens is 277 g/mol. The van der Waals surface area contributed by atoms with Crippen molar-refractivity contribution in [1.82, 2.24) is 4.90 Å². The third-order valence-electron chi connectivity index (χ3n) is 3.78. The lowest BCUT2D eigenvalue weighted by Gasteiger charge is -2.45. The van der Waals surface area contributed by atoms with Gasteiger partial charge in [-0.25, -0.2) is 4.39 Å². The largest absolute Gasteiger partial charge is 0.448 e. The maximum Gasteiger partial charge on any atom is 0.290 e. The van der Waals surface area contributed by atoms with E-state index in [9.17, 15) is 14.3 Å². The molecule has 0 saturated carbocycles. The van der Waals surface area contributed by atoms with Gasteiger partial charge in [-0.2, -0.15) is 0 Å². The predicted octanol–water partition coefficient (Wildman–Crippen LogP) is 1.71. The van der Waals surface area contributed by atoms with Gasteiger partial charge < -0.3 is 19.2 Å². The standard InChI is InChI=1S/C15H16FNO4/c1-9-10-4-3-5-11(16)13(10)21-12(9)14(18)17-6-15(19,7-17)8-20-2/h3-5,19H,6-8H2,1-2H3. The number of likely N-dealkylation sites (tertiary alicyclic amines) is 1. The molecule has 1 aliphatic heterocycles. The minimum atomic E-state index is -1.00. The van der Waals surface area contributed by atoms with Gasteiger partial charge in [-0.15, -0.1) is 0 Å². The van der Waals surface area contributed by atoms with Crippen molar-refractivity contribution >= 4 is 16.9 Å². The Labute approximate surface area is 120 Å². The minimum absolute atomic E-state index is 0.0889. The highest BCUT2D eigenvalue weighted by Gasteiger charge is 2.45. The lowest BCUT2D eigenvalue weighted by molar-refractivity contribution is -0.118. The Morgan fingerprint density at radius 1 is 1.52 bits per heavy atom. The number of para-hydroxylation sites is 1. The quantitative estimate of drug-likeness (QED) is 0.936. The molecule has 1 fully saturated rings. The van der Waals surface area contributed by atoms with Crippen molar-refractivity contribution < 1.29 is 23.4 Å². The number of carbonyl (C=O) groups excluding carboxylic acids is 1. The molecule has 0 bridgehead atoms. The first-order chi connectivity index (χ1) is 9.95. The smallest absolute Gasteiger partial charge is 0.290 e. The van der Waals surface area contributed by atoms with E-state index in [0.717, 1.165) is 0 Å². The Bertz CT molecular complexity index is 703. The number of rotatable bonds is 3. The van der Waals surface area contributed by atoms with Crippen LogP contribution >= 0.6 is 0 Å². The van der Waals surface area contributed by atoms with Crippen molar-refractivity contribution in [2.24, 2.45) is 0 Å². The van der Waals surface area contributed by atoms with Crippen molar-refractivity contribution in [1.29, 1.82) is 0 Å². The van der Waals surface area contributed by atoms with E-state index in [0.29, 0.717) is 10.9 Å². The third kappa shape index (κ3) is 2.20. The molecule has 1 aliphatic rings. The summed E-state index contributed by atoms with van der Waals surface area (Å²) in [6.45, 7) is 2.25. The number of hydrogen-bond donors (Lipinski definition) is 1.